The molecule has 0 saturated carbocycles. The van der Waals surface area contributed by atoms with Gasteiger partial charge in [-0.2, -0.15) is 0 Å². The Morgan fingerprint density at radius 1 is 1.12 bits per heavy atom. The summed E-state index contributed by atoms with van der Waals surface area (Å²) in [5, 5.41) is 3.60. The summed E-state index contributed by atoms with van der Waals surface area (Å²) in [6.07, 6.45) is 1.63. The van der Waals surface area contributed by atoms with Crippen molar-refractivity contribution < 1.29 is 9.59 Å². The van der Waals surface area contributed by atoms with Crippen LogP contribution in [0, 0.1) is 0 Å². The molecule has 2 aromatic carbocycles. The maximum Gasteiger partial charge on any atom is 0.227 e. The van der Waals surface area contributed by atoms with Gasteiger partial charge < -0.3 is 10.2 Å². The molecule has 0 aliphatic carbocycles. The molecule has 0 bridgehead atoms. The smallest absolute Gasteiger partial charge is 0.227 e. The van der Waals surface area contributed by atoms with E-state index in [-0.39, 0.29) is 11.8 Å². The maximum atomic E-state index is 12.1. The largest absolute Gasteiger partial charge is 0.352 e. The number of rotatable bonds is 4. The van der Waals surface area contributed by atoms with E-state index in [1.807, 2.05) is 24.3 Å². The van der Waals surface area contributed by atoms with Crippen molar-refractivity contribution in [1.29, 1.82) is 0 Å². The van der Waals surface area contributed by atoms with Crippen LogP contribution >= 0.6 is 11.6 Å². The summed E-state index contributed by atoms with van der Waals surface area (Å²) in [4.78, 5) is 25.5. The summed E-state index contributed by atoms with van der Waals surface area (Å²) < 4.78 is 0. The molecule has 124 valence electrons. The molecule has 5 heteroatoms. The number of hydrogen-bond donors (Lipinski definition) is 1. The number of carbonyl (C=O) groups excluding carboxylic acids is 2. The summed E-state index contributed by atoms with van der Waals surface area (Å²) >= 11 is 5.84. The van der Waals surface area contributed by atoms with E-state index in [0.29, 0.717) is 24.4 Å². The molecule has 0 aromatic heterocycles. The molecular formula is C19H19ClN2O2. The Morgan fingerprint density at radius 2 is 1.83 bits per heavy atom. The van der Waals surface area contributed by atoms with Gasteiger partial charge in [0.15, 0.2) is 0 Å². The average Bonchev–Trinajstić information content (AvgIpc) is 2.58. The predicted octanol–water partition coefficient (Wildman–Crippen LogP) is 3.11. The molecule has 0 saturated heterocycles. The van der Waals surface area contributed by atoms with Gasteiger partial charge >= 0.3 is 0 Å². The van der Waals surface area contributed by atoms with Crippen LogP contribution in [-0.2, 0) is 29.0 Å². The Kier molecular flexibility index (Phi) is 4.86. The first kappa shape index (κ1) is 16.5. The first-order chi connectivity index (χ1) is 11.5. The normalized spacial score (nSPS) is 13.6. The van der Waals surface area contributed by atoms with Crippen LogP contribution in [0.4, 0.5) is 5.69 Å². The van der Waals surface area contributed by atoms with E-state index >= 15 is 0 Å². The lowest BCUT2D eigenvalue weighted by molar-refractivity contribution is -0.120. The maximum absolute atomic E-state index is 12.1. The van der Waals surface area contributed by atoms with Crippen molar-refractivity contribution in [1.82, 2.24) is 5.32 Å². The second-order valence-electron chi connectivity index (χ2n) is 6.00. The Labute approximate surface area is 146 Å². The molecule has 0 fully saturated rings. The zero-order chi connectivity index (χ0) is 17.1. The van der Waals surface area contributed by atoms with E-state index in [9.17, 15) is 9.59 Å². The van der Waals surface area contributed by atoms with E-state index in [4.69, 9.17) is 11.6 Å². The van der Waals surface area contributed by atoms with Crippen LogP contribution in [0.3, 0.4) is 0 Å². The summed E-state index contributed by atoms with van der Waals surface area (Å²) in [5.41, 5.74) is 4.09. The van der Waals surface area contributed by atoms with Crippen molar-refractivity contribution in [3.05, 3.63) is 64.2 Å². The van der Waals surface area contributed by atoms with Crippen molar-refractivity contribution in [2.45, 2.75) is 25.8 Å². The molecule has 1 N–H and O–H groups in total. The highest BCUT2D eigenvalue weighted by molar-refractivity contribution is 6.30. The van der Waals surface area contributed by atoms with E-state index in [2.05, 4.69) is 11.4 Å². The lowest BCUT2D eigenvalue weighted by atomic mass is 9.99. The molecule has 3 rings (SSSR count). The molecule has 0 unspecified atom stereocenters. The third kappa shape index (κ3) is 3.77. The lowest BCUT2D eigenvalue weighted by Crippen LogP contribution is -2.31. The van der Waals surface area contributed by atoms with E-state index in [0.717, 1.165) is 28.8 Å². The van der Waals surface area contributed by atoms with Crippen LogP contribution in [-0.4, -0.2) is 18.9 Å². The van der Waals surface area contributed by atoms with Gasteiger partial charge in [-0.15, -0.1) is 0 Å². The number of amides is 2. The van der Waals surface area contributed by atoms with Crippen LogP contribution in [0.5, 0.6) is 0 Å². The highest BCUT2D eigenvalue weighted by atomic mass is 35.5. The second kappa shape index (κ2) is 7.05. The molecule has 2 aromatic rings. The highest BCUT2D eigenvalue weighted by Crippen LogP contribution is 2.27. The topological polar surface area (TPSA) is 49.4 Å². The molecule has 1 heterocycles. The van der Waals surface area contributed by atoms with Gasteiger partial charge in [-0.05, 0) is 41.3 Å². The average molecular weight is 343 g/mol. The van der Waals surface area contributed by atoms with E-state index < -0.39 is 0 Å². The standard InChI is InChI=1S/C19H19ClN2O2/c1-22-17-8-4-14(10-15(17)5-9-19(22)24)12-21-18(23)11-13-2-6-16(20)7-3-13/h2-4,6-8,10H,5,9,11-12H2,1H3,(H,21,23). The highest BCUT2D eigenvalue weighted by Gasteiger charge is 2.20. The van der Waals surface area contributed by atoms with Crippen LogP contribution in [0.25, 0.3) is 0 Å². The van der Waals surface area contributed by atoms with Gasteiger partial charge in [-0.25, -0.2) is 0 Å². The molecule has 2 amide bonds. The van der Waals surface area contributed by atoms with Crippen LogP contribution in [0.1, 0.15) is 23.1 Å². The zero-order valence-electron chi connectivity index (χ0n) is 13.5. The Bertz CT molecular complexity index is 771. The first-order valence-electron chi connectivity index (χ1n) is 7.92. The molecule has 24 heavy (non-hydrogen) atoms. The van der Waals surface area contributed by atoms with Crippen molar-refractivity contribution in [3.63, 3.8) is 0 Å². The fraction of sp³-hybridized carbons (Fsp3) is 0.263. The fourth-order valence-electron chi connectivity index (χ4n) is 2.87. The second-order valence-corrected chi connectivity index (χ2v) is 6.43. The molecule has 1 aliphatic heterocycles. The Hall–Kier alpha value is -2.33. The van der Waals surface area contributed by atoms with Crippen molar-refractivity contribution in [2.24, 2.45) is 0 Å². The number of hydrogen-bond acceptors (Lipinski definition) is 2. The Morgan fingerprint density at radius 3 is 2.58 bits per heavy atom. The minimum Gasteiger partial charge on any atom is -0.352 e. The first-order valence-corrected chi connectivity index (χ1v) is 8.30. The molecule has 0 atom stereocenters. The number of anilines is 1. The number of fused-ring (bicyclic) bond motifs is 1. The molecule has 0 radical (unpaired) electrons. The van der Waals surface area contributed by atoms with E-state index in [1.54, 1.807) is 24.1 Å². The minimum absolute atomic E-state index is 0.0256. The summed E-state index contributed by atoms with van der Waals surface area (Å²) in [6.45, 7) is 0.483. The van der Waals surface area contributed by atoms with E-state index in [1.165, 1.54) is 0 Å². The van der Waals surface area contributed by atoms with Gasteiger partial charge in [0.1, 0.15) is 0 Å². The predicted molar refractivity (Wildman–Crippen MR) is 95.2 cm³/mol. The van der Waals surface area contributed by atoms with Crippen LogP contribution in [0.2, 0.25) is 5.02 Å². The van der Waals surface area contributed by atoms with Crippen molar-refractivity contribution in [3.8, 4) is 0 Å². The third-order valence-corrected chi connectivity index (χ3v) is 4.51. The van der Waals surface area contributed by atoms with Crippen molar-refractivity contribution in [2.75, 3.05) is 11.9 Å². The minimum atomic E-state index is -0.0256. The fourth-order valence-corrected chi connectivity index (χ4v) is 3.00. The van der Waals surface area contributed by atoms with Crippen LogP contribution in [0.15, 0.2) is 42.5 Å². The van der Waals surface area contributed by atoms with Gasteiger partial charge in [0, 0.05) is 30.7 Å². The molecule has 0 spiro atoms. The SMILES string of the molecule is CN1C(=O)CCc2cc(CNC(=O)Cc3ccc(Cl)cc3)ccc21. The van der Waals surface area contributed by atoms with Gasteiger partial charge in [-0.1, -0.05) is 35.9 Å². The zero-order valence-corrected chi connectivity index (χ0v) is 14.3. The number of carbonyl (C=O) groups is 2. The van der Waals surface area contributed by atoms with Gasteiger partial charge in [0.25, 0.3) is 0 Å². The number of halogens is 1. The summed E-state index contributed by atoms with van der Waals surface area (Å²) in [7, 11) is 1.80. The Balaban J connectivity index is 1.59. The number of benzene rings is 2. The quantitative estimate of drug-likeness (QED) is 0.928. The number of nitrogens with one attached hydrogen (secondary N) is 1. The number of aryl methyl sites for hydroxylation is 1. The molecule has 1 aliphatic rings. The monoisotopic (exact) mass is 342 g/mol. The van der Waals surface area contributed by atoms with Gasteiger partial charge in [-0.3, -0.25) is 9.59 Å². The van der Waals surface area contributed by atoms with Crippen LogP contribution < -0.4 is 10.2 Å². The van der Waals surface area contributed by atoms with Crippen molar-refractivity contribution >= 4 is 29.1 Å². The lowest BCUT2D eigenvalue weighted by Gasteiger charge is -2.26. The summed E-state index contributed by atoms with van der Waals surface area (Å²) in [5.74, 6) is 0.119. The summed E-state index contributed by atoms with van der Waals surface area (Å²) in [6, 6.07) is 13.3. The van der Waals surface area contributed by atoms with Gasteiger partial charge in [0.05, 0.1) is 6.42 Å². The van der Waals surface area contributed by atoms with Gasteiger partial charge in [0.2, 0.25) is 11.8 Å². The number of nitrogens with zero attached hydrogens (tertiary/aromatic N) is 1. The third-order valence-electron chi connectivity index (χ3n) is 4.26. The molecular weight excluding hydrogens is 324 g/mol. The molecule has 4 nitrogen and oxygen atoms in total.